The van der Waals surface area contributed by atoms with E-state index in [0.29, 0.717) is 23.0 Å². The summed E-state index contributed by atoms with van der Waals surface area (Å²) in [5.74, 6) is 1.88. The van der Waals surface area contributed by atoms with Crippen molar-refractivity contribution in [1.82, 2.24) is 15.0 Å². The van der Waals surface area contributed by atoms with Crippen molar-refractivity contribution in [2.45, 2.75) is 0 Å². The molecule has 2 heterocycles. The summed E-state index contributed by atoms with van der Waals surface area (Å²) in [6.45, 7) is 0. The van der Waals surface area contributed by atoms with E-state index >= 15 is 0 Å². The minimum Gasteiger partial charge on any atom is -0.208 e. The van der Waals surface area contributed by atoms with Gasteiger partial charge >= 0.3 is 0 Å². The molecule has 9 aromatic rings. The summed E-state index contributed by atoms with van der Waals surface area (Å²) in [4.78, 5) is 15.0. The first kappa shape index (κ1) is 24.0. The molecule has 0 saturated carbocycles. The average Bonchev–Trinajstić information content (AvgIpc) is 3.61. The van der Waals surface area contributed by atoms with Crippen LogP contribution >= 0.6 is 11.3 Å². The predicted molar refractivity (Wildman–Crippen MR) is 205 cm³/mol. The number of hydrogen-bond acceptors (Lipinski definition) is 4. The molecule has 4 heteroatoms. The van der Waals surface area contributed by atoms with Crippen LogP contribution in [0.2, 0.25) is 0 Å². The molecule has 0 N–H and O–H groups in total. The molecule has 0 radical (unpaired) electrons. The maximum Gasteiger partial charge on any atom is 0.164 e. The van der Waals surface area contributed by atoms with E-state index in [1.54, 1.807) is 11.3 Å². The van der Waals surface area contributed by atoms with E-state index in [2.05, 4.69) is 60.7 Å². The number of benzene rings is 7. The summed E-state index contributed by atoms with van der Waals surface area (Å²) in [6.07, 6.45) is 0. The molecule has 9 rings (SSSR count). The zero-order chi connectivity index (χ0) is 36.9. The van der Waals surface area contributed by atoms with Crippen LogP contribution in [0.3, 0.4) is 0 Å². The minimum absolute atomic E-state index is 0.200. The van der Waals surface area contributed by atoms with Gasteiger partial charge in [-0.2, -0.15) is 0 Å². The topological polar surface area (TPSA) is 38.7 Å². The fourth-order valence-corrected chi connectivity index (χ4v) is 7.31. The van der Waals surface area contributed by atoms with Gasteiger partial charge in [-0.3, -0.25) is 0 Å². The van der Waals surface area contributed by atoms with Crippen molar-refractivity contribution in [2.24, 2.45) is 0 Å². The second kappa shape index (κ2) is 12.4. The lowest BCUT2D eigenvalue weighted by molar-refractivity contribution is 1.08. The zero-order valence-electron chi connectivity index (χ0n) is 31.1. The Bertz CT molecular complexity index is 2770. The van der Waals surface area contributed by atoms with E-state index in [9.17, 15) is 0 Å². The molecule has 0 aliphatic heterocycles. The van der Waals surface area contributed by atoms with Crippen LogP contribution in [-0.2, 0) is 0 Å². The summed E-state index contributed by atoms with van der Waals surface area (Å²) in [7, 11) is 0. The Morgan fingerprint density at radius 1 is 0.388 bits per heavy atom. The van der Waals surface area contributed by atoms with Crippen LogP contribution in [0, 0.1) is 0 Å². The first-order valence-corrected chi connectivity index (χ1v) is 16.8. The Balaban J connectivity index is 1.09. The van der Waals surface area contributed by atoms with Crippen LogP contribution in [0.25, 0.3) is 87.7 Å². The molecule has 0 bridgehead atoms. The van der Waals surface area contributed by atoms with Gasteiger partial charge in [0, 0.05) is 36.9 Å². The maximum absolute atomic E-state index is 8.34. The molecule has 0 spiro atoms. The lowest BCUT2D eigenvalue weighted by Crippen LogP contribution is -2.00. The Morgan fingerprint density at radius 2 is 0.898 bits per heavy atom. The van der Waals surface area contributed by atoms with Gasteiger partial charge in [0.25, 0.3) is 0 Å². The second-order valence-electron chi connectivity index (χ2n) is 11.7. The zero-order valence-corrected chi connectivity index (χ0v) is 26.9. The van der Waals surface area contributed by atoms with E-state index in [4.69, 9.17) is 21.8 Å². The van der Waals surface area contributed by atoms with Gasteiger partial charge in [-0.25, -0.2) is 15.0 Å². The minimum atomic E-state index is -0.394. The number of nitrogens with zero attached hydrogens (tertiary/aromatic N) is 3. The molecule has 0 unspecified atom stereocenters. The van der Waals surface area contributed by atoms with Gasteiger partial charge in [0.05, 0.1) is 6.85 Å². The first-order chi connectivity index (χ1) is 26.3. The monoisotopic (exact) mass is 648 g/mol. The fraction of sp³-hybridized carbons (Fsp3) is 0. The Kier molecular flexibility index (Phi) is 6.08. The van der Waals surface area contributed by atoms with Crippen LogP contribution in [0.1, 0.15) is 6.85 Å². The molecule has 0 aliphatic carbocycles. The van der Waals surface area contributed by atoms with Gasteiger partial charge in [-0.15, -0.1) is 11.3 Å². The molecule has 0 amide bonds. The summed E-state index contributed by atoms with van der Waals surface area (Å²) in [5, 5.41) is 2.25. The second-order valence-corrected chi connectivity index (χ2v) is 12.8. The molecule has 0 saturated heterocycles. The number of rotatable bonds is 6. The van der Waals surface area contributed by atoms with Gasteiger partial charge in [0.15, 0.2) is 17.5 Å². The van der Waals surface area contributed by atoms with Crippen molar-refractivity contribution >= 4 is 31.5 Å². The molecule has 3 nitrogen and oxygen atoms in total. The highest BCUT2D eigenvalue weighted by molar-refractivity contribution is 7.26. The molecule has 230 valence electrons. The van der Waals surface area contributed by atoms with Crippen molar-refractivity contribution < 1.29 is 6.85 Å². The van der Waals surface area contributed by atoms with E-state index in [0.717, 1.165) is 54.4 Å². The third kappa shape index (κ3) is 5.58. The smallest absolute Gasteiger partial charge is 0.164 e. The molecule has 2 aromatic heterocycles. The molecule has 7 aromatic carbocycles. The maximum atomic E-state index is 8.34. The summed E-state index contributed by atoms with van der Waals surface area (Å²) in [6, 6.07) is 47.3. The highest BCUT2D eigenvalue weighted by Crippen LogP contribution is 2.41. The van der Waals surface area contributed by atoms with Crippen molar-refractivity contribution in [3.63, 3.8) is 0 Å². The Labute approximate surface area is 295 Å². The Morgan fingerprint density at radius 3 is 1.49 bits per heavy atom. The number of thiophene rings is 1. The SMILES string of the molecule is [2H]c1c([2H])c([2H])c(-c2ccc(-c3ccc(-c4ccc5sc6cccc(-c7nc(-c8ccccc8)nc(-c8ccccc8)n7)c6c5c4)cc3)cc2)c([2H])c1[2H]. The van der Waals surface area contributed by atoms with Crippen LogP contribution in [-0.4, -0.2) is 15.0 Å². The van der Waals surface area contributed by atoms with Crippen LogP contribution < -0.4 is 0 Å². The standard InChI is InChI=1S/C45H29N3S/c1-4-11-30(12-5-1)31-19-21-32(22-20-31)33-23-25-34(26-24-33)37-27-28-40-39(29-37)42-38(17-10-18-41(42)49-40)45-47-43(35-13-6-2-7-14-35)46-44(48-45)36-15-8-3-9-16-36/h1-29H/i1D,4D,5D,11D,12D. The van der Waals surface area contributed by atoms with Gasteiger partial charge in [0.2, 0.25) is 0 Å². The molecular formula is C45H29N3S. The summed E-state index contributed by atoms with van der Waals surface area (Å²) < 4.78 is 43.0. The fourth-order valence-electron chi connectivity index (χ4n) is 6.20. The van der Waals surface area contributed by atoms with E-state index < -0.39 is 6.04 Å². The quantitative estimate of drug-likeness (QED) is 0.180. The molecule has 49 heavy (non-hydrogen) atoms. The first-order valence-electron chi connectivity index (χ1n) is 18.4. The van der Waals surface area contributed by atoms with Crippen molar-refractivity contribution in [3.8, 4) is 67.5 Å². The lowest BCUT2D eigenvalue weighted by Gasteiger charge is -2.10. The third-order valence-electron chi connectivity index (χ3n) is 8.66. The van der Waals surface area contributed by atoms with Crippen LogP contribution in [0.5, 0.6) is 0 Å². The molecule has 0 fully saturated rings. The van der Waals surface area contributed by atoms with E-state index in [1.165, 1.54) is 4.70 Å². The van der Waals surface area contributed by atoms with Crippen LogP contribution in [0.15, 0.2) is 176 Å². The number of fused-ring (bicyclic) bond motifs is 3. The highest BCUT2D eigenvalue weighted by Gasteiger charge is 2.17. The number of aromatic nitrogens is 3. The van der Waals surface area contributed by atoms with E-state index in [1.807, 2.05) is 84.9 Å². The largest absolute Gasteiger partial charge is 0.208 e. The third-order valence-corrected chi connectivity index (χ3v) is 9.80. The van der Waals surface area contributed by atoms with Crippen molar-refractivity contribution in [2.75, 3.05) is 0 Å². The van der Waals surface area contributed by atoms with Gasteiger partial charge in [-0.1, -0.05) is 158 Å². The predicted octanol–water partition coefficient (Wildman–Crippen LogP) is 12.2. The molecular weight excluding hydrogens is 615 g/mol. The van der Waals surface area contributed by atoms with Crippen molar-refractivity contribution in [1.29, 1.82) is 0 Å². The van der Waals surface area contributed by atoms with Crippen LogP contribution in [0.4, 0.5) is 0 Å². The Hall–Kier alpha value is -6.23. The summed E-state index contributed by atoms with van der Waals surface area (Å²) >= 11 is 1.75. The summed E-state index contributed by atoms with van der Waals surface area (Å²) in [5.41, 5.74) is 7.72. The highest BCUT2D eigenvalue weighted by atomic mass is 32.1. The van der Waals surface area contributed by atoms with Gasteiger partial charge < -0.3 is 0 Å². The number of hydrogen-bond donors (Lipinski definition) is 0. The van der Waals surface area contributed by atoms with Gasteiger partial charge in [-0.05, 0) is 51.6 Å². The molecule has 0 aliphatic rings. The lowest BCUT2D eigenvalue weighted by atomic mass is 9.97. The van der Waals surface area contributed by atoms with Gasteiger partial charge in [0.1, 0.15) is 0 Å². The van der Waals surface area contributed by atoms with E-state index in [-0.39, 0.29) is 29.7 Å². The average molecular weight is 649 g/mol. The molecule has 0 atom stereocenters. The normalized spacial score (nSPS) is 12.7. The van der Waals surface area contributed by atoms with Crippen molar-refractivity contribution in [3.05, 3.63) is 176 Å².